The van der Waals surface area contributed by atoms with Gasteiger partial charge in [-0.2, -0.15) is 0 Å². The molecule has 0 heterocycles. The molecule has 0 aromatic heterocycles. The Labute approximate surface area is 140 Å². The summed E-state index contributed by atoms with van der Waals surface area (Å²) in [7, 11) is 0. The van der Waals surface area contributed by atoms with E-state index in [0.29, 0.717) is 3.12 Å². The van der Waals surface area contributed by atoms with Gasteiger partial charge in [0.25, 0.3) is 0 Å². The summed E-state index contributed by atoms with van der Waals surface area (Å²) in [4.78, 5) is 0. The first-order valence-corrected chi connectivity index (χ1v) is 9.35. The minimum absolute atomic E-state index is 0. The normalized spacial score (nSPS) is 27.3. The maximum absolute atomic E-state index is 2.59. The van der Waals surface area contributed by atoms with E-state index in [-0.39, 0.29) is 24.8 Å². The second kappa shape index (κ2) is 7.44. The summed E-state index contributed by atoms with van der Waals surface area (Å²) in [6, 6.07) is 0. The molecule has 0 aromatic carbocycles. The largest absolute Gasteiger partial charge is 1.00 e. The van der Waals surface area contributed by atoms with Crippen LogP contribution in [0.15, 0.2) is 44.8 Å². The van der Waals surface area contributed by atoms with Gasteiger partial charge in [-0.3, -0.25) is 0 Å². The Kier molecular flexibility index (Phi) is 6.84. The van der Waals surface area contributed by atoms with Crippen molar-refractivity contribution in [1.29, 1.82) is 0 Å². The zero-order valence-electron chi connectivity index (χ0n) is 11.4. The van der Waals surface area contributed by atoms with Crippen LogP contribution in [0.3, 0.4) is 0 Å². The Hall–Kier alpha value is 0.423. The molecule has 0 saturated heterocycles. The predicted octanol–water partition coefficient (Wildman–Crippen LogP) is -1.07. The number of halogens is 2. The maximum Gasteiger partial charge on any atom is -1.00 e. The quantitative estimate of drug-likeness (QED) is 0.590. The van der Waals surface area contributed by atoms with Crippen LogP contribution in [0.4, 0.5) is 0 Å². The average Bonchev–Trinajstić information content (AvgIpc) is 2.99. The van der Waals surface area contributed by atoms with Gasteiger partial charge in [-0.15, -0.1) is 0 Å². The molecule has 0 N–H and O–H groups in total. The van der Waals surface area contributed by atoms with E-state index in [4.69, 9.17) is 0 Å². The molecule has 19 heavy (non-hydrogen) atoms. The molecule has 0 bridgehead atoms. The molecule has 102 valence electrons. The van der Waals surface area contributed by atoms with Gasteiger partial charge in [-0.25, -0.2) is 0 Å². The third-order valence-electron chi connectivity index (χ3n) is 4.33. The third kappa shape index (κ3) is 3.37. The van der Waals surface area contributed by atoms with E-state index >= 15 is 0 Å². The summed E-state index contributed by atoms with van der Waals surface area (Å²) < 4.78 is 2.34. The Morgan fingerprint density at radius 1 is 1.21 bits per heavy atom. The number of hydrogen-bond donors (Lipinski definition) is 0. The van der Waals surface area contributed by atoms with Crippen LogP contribution in [0, 0.1) is 0 Å². The zero-order valence-corrected chi connectivity index (χ0v) is 15.4. The topological polar surface area (TPSA) is 0 Å². The fourth-order valence-electron chi connectivity index (χ4n) is 3.33. The molecule has 0 amide bonds. The average molecular weight is 374 g/mol. The van der Waals surface area contributed by atoms with Gasteiger partial charge in [0.05, 0.1) is 0 Å². The minimum atomic E-state index is -0.470. The summed E-state index contributed by atoms with van der Waals surface area (Å²) >= 11 is -0.470. The fraction of sp³-hybridized carbons (Fsp3) is 0.500. The van der Waals surface area contributed by atoms with Crippen molar-refractivity contribution < 1.29 is 48.0 Å². The van der Waals surface area contributed by atoms with Crippen molar-refractivity contribution in [3.05, 3.63) is 44.8 Å². The fourth-order valence-corrected chi connectivity index (χ4v) is 7.64. The van der Waals surface area contributed by atoms with E-state index in [1.54, 1.807) is 8.85 Å². The van der Waals surface area contributed by atoms with Crippen molar-refractivity contribution >= 4 is 0 Å². The molecule has 3 aliphatic rings. The molecular formula is C16H20Cl2Zr. The number of allylic oxidation sites excluding steroid dienone is 8. The summed E-state index contributed by atoms with van der Waals surface area (Å²) in [5, 5.41) is 0. The van der Waals surface area contributed by atoms with Crippen LogP contribution in [0.25, 0.3) is 0 Å². The van der Waals surface area contributed by atoms with E-state index < -0.39 is 23.2 Å². The Morgan fingerprint density at radius 3 is 2.68 bits per heavy atom. The summed E-state index contributed by atoms with van der Waals surface area (Å²) in [5.41, 5.74) is 3.57. The Morgan fingerprint density at radius 2 is 2.00 bits per heavy atom. The molecule has 3 rings (SSSR count). The first-order chi connectivity index (χ1) is 8.34. The van der Waals surface area contributed by atoms with Gasteiger partial charge in [0.15, 0.2) is 0 Å². The van der Waals surface area contributed by atoms with Crippen molar-refractivity contribution in [3.8, 4) is 0 Å². The molecule has 0 radical (unpaired) electrons. The van der Waals surface area contributed by atoms with E-state index in [9.17, 15) is 0 Å². The van der Waals surface area contributed by atoms with Gasteiger partial charge >= 0.3 is 117 Å². The summed E-state index contributed by atoms with van der Waals surface area (Å²) in [6.45, 7) is 2.40. The van der Waals surface area contributed by atoms with Crippen LogP contribution < -0.4 is 24.8 Å². The molecular weight excluding hydrogens is 354 g/mol. The van der Waals surface area contributed by atoms with E-state index in [2.05, 4.69) is 37.3 Å². The molecule has 0 aromatic rings. The molecule has 0 saturated carbocycles. The molecule has 1 atom stereocenters. The van der Waals surface area contributed by atoms with E-state index in [1.807, 2.05) is 5.57 Å². The zero-order chi connectivity index (χ0) is 11.7. The number of rotatable bonds is 3. The van der Waals surface area contributed by atoms with Crippen LogP contribution in [0.2, 0.25) is 3.12 Å². The van der Waals surface area contributed by atoms with Crippen LogP contribution in [0.1, 0.15) is 45.4 Å². The van der Waals surface area contributed by atoms with Crippen molar-refractivity contribution in [1.82, 2.24) is 0 Å². The van der Waals surface area contributed by atoms with Gasteiger partial charge in [-0.1, -0.05) is 0 Å². The Bertz CT molecular complexity index is 446. The molecule has 0 spiro atoms. The van der Waals surface area contributed by atoms with Gasteiger partial charge in [0.2, 0.25) is 0 Å². The second-order valence-electron chi connectivity index (χ2n) is 5.32. The SMILES string of the molecule is CC[C]1([Zr+2][C]2=CC=CC2)C=CC2=C1CCCC2.[Cl-].[Cl-]. The van der Waals surface area contributed by atoms with Gasteiger partial charge in [0, 0.05) is 0 Å². The molecule has 0 fully saturated rings. The van der Waals surface area contributed by atoms with E-state index in [1.165, 1.54) is 38.5 Å². The predicted molar refractivity (Wildman–Crippen MR) is 69.5 cm³/mol. The number of hydrogen-bond acceptors (Lipinski definition) is 0. The van der Waals surface area contributed by atoms with Gasteiger partial charge in [0.1, 0.15) is 0 Å². The summed E-state index contributed by atoms with van der Waals surface area (Å²) in [6.07, 6.45) is 20.2. The first-order valence-electron chi connectivity index (χ1n) is 6.90. The third-order valence-corrected chi connectivity index (χ3v) is 9.15. The molecule has 3 aliphatic carbocycles. The molecule has 0 aliphatic heterocycles. The summed E-state index contributed by atoms with van der Waals surface area (Å²) in [5.74, 6) is 0. The standard InChI is InChI=1S/C11H15.C5H5.2ClH.Zr/c1-2-9-7-8-10-5-3-4-6-11(9)10;1-2-4-5-3-1;;;/h7-8H,2-6H2,1H3;1-3H,4H2;2*1H;/q;;;;+2/p-2. The molecule has 1 unspecified atom stereocenters. The van der Waals surface area contributed by atoms with Crippen molar-refractivity contribution in [2.24, 2.45) is 0 Å². The van der Waals surface area contributed by atoms with Gasteiger partial charge in [-0.05, 0) is 0 Å². The molecule has 0 nitrogen and oxygen atoms in total. The molecule has 3 heteroatoms. The smallest absolute Gasteiger partial charge is 1.00 e. The van der Waals surface area contributed by atoms with Crippen LogP contribution in [0.5, 0.6) is 0 Å². The first kappa shape index (κ1) is 17.5. The van der Waals surface area contributed by atoms with Crippen molar-refractivity contribution in [2.45, 2.75) is 48.6 Å². The monoisotopic (exact) mass is 372 g/mol. The van der Waals surface area contributed by atoms with Crippen molar-refractivity contribution in [2.75, 3.05) is 0 Å². The van der Waals surface area contributed by atoms with Crippen LogP contribution in [-0.4, -0.2) is 0 Å². The van der Waals surface area contributed by atoms with E-state index in [0.717, 1.165) is 0 Å². The minimum Gasteiger partial charge on any atom is -1.00 e. The van der Waals surface area contributed by atoms with Crippen LogP contribution in [-0.2, 0) is 23.2 Å². The van der Waals surface area contributed by atoms with Gasteiger partial charge < -0.3 is 24.8 Å². The Balaban J connectivity index is 0.000000902. The maximum atomic E-state index is 2.59. The second-order valence-corrected chi connectivity index (χ2v) is 9.70. The van der Waals surface area contributed by atoms with Crippen molar-refractivity contribution in [3.63, 3.8) is 0 Å². The van der Waals surface area contributed by atoms with Crippen LogP contribution >= 0.6 is 0 Å².